The Balaban J connectivity index is 2.13. The second-order valence-corrected chi connectivity index (χ2v) is 4.71. The molecule has 0 aromatic heterocycles. The molecule has 0 spiro atoms. The zero-order valence-corrected chi connectivity index (χ0v) is 11.4. The maximum atomic E-state index is 11.0. The lowest BCUT2D eigenvalue weighted by atomic mass is 10.1. The molecule has 1 aliphatic heterocycles. The van der Waals surface area contributed by atoms with Crippen LogP contribution in [0.4, 0.5) is 11.4 Å². The number of rotatable bonds is 4. The summed E-state index contributed by atoms with van der Waals surface area (Å²) in [6, 6.07) is 6.62. The van der Waals surface area contributed by atoms with Crippen molar-refractivity contribution in [1.29, 1.82) is 5.26 Å². The molecule has 1 fully saturated rings. The molecule has 106 valence electrons. The molecule has 0 aliphatic carbocycles. The minimum Gasteiger partial charge on any atom is -0.378 e. The molecule has 6 heteroatoms. The first-order valence-electron chi connectivity index (χ1n) is 6.70. The van der Waals surface area contributed by atoms with Crippen LogP contribution in [0.1, 0.15) is 25.3 Å². The van der Waals surface area contributed by atoms with Gasteiger partial charge in [-0.15, -0.1) is 0 Å². The van der Waals surface area contributed by atoms with Gasteiger partial charge in [-0.2, -0.15) is 5.26 Å². The molecule has 0 N–H and O–H groups in total. The van der Waals surface area contributed by atoms with Gasteiger partial charge in [0.1, 0.15) is 11.6 Å². The first kappa shape index (κ1) is 14.3. The maximum Gasteiger partial charge on any atom is 0.289 e. The van der Waals surface area contributed by atoms with Crippen LogP contribution >= 0.6 is 0 Å². The van der Waals surface area contributed by atoms with Crippen molar-refractivity contribution in [1.82, 2.24) is 0 Å². The molecule has 0 unspecified atom stereocenters. The van der Waals surface area contributed by atoms with E-state index in [1.54, 1.807) is 6.07 Å². The number of hydrogen-bond donors (Lipinski definition) is 0. The van der Waals surface area contributed by atoms with E-state index in [0.717, 1.165) is 31.6 Å². The summed E-state index contributed by atoms with van der Waals surface area (Å²) in [5.74, 6) is 0. The Bertz CT molecular complexity index is 531. The molecule has 6 nitrogen and oxygen atoms in total. The largest absolute Gasteiger partial charge is 0.378 e. The molecule has 0 atom stereocenters. The van der Waals surface area contributed by atoms with Crippen molar-refractivity contribution in [3.63, 3.8) is 0 Å². The zero-order valence-electron chi connectivity index (χ0n) is 11.4. The number of nitriles is 1. The summed E-state index contributed by atoms with van der Waals surface area (Å²) in [5.41, 5.74) is 0.769. The Morgan fingerprint density at radius 1 is 1.50 bits per heavy atom. The van der Waals surface area contributed by atoms with Crippen LogP contribution in [0.3, 0.4) is 0 Å². The van der Waals surface area contributed by atoms with Crippen LogP contribution in [-0.2, 0) is 4.74 Å². The van der Waals surface area contributed by atoms with Crippen LogP contribution in [0.5, 0.6) is 0 Å². The molecule has 20 heavy (non-hydrogen) atoms. The van der Waals surface area contributed by atoms with E-state index >= 15 is 0 Å². The van der Waals surface area contributed by atoms with Gasteiger partial charge in [0.05, 0.1) is 11.0 Å². The minimum atomic E-state index is -0.505. The molecule has 1 saturated heterocycles. The van der Waals surface area contributed by atoms with Gasteiger partial charge in [0, 0.05) is 31.5 Å². The van der Waals surface area contributed by atoms with Crippen LogP contribution < -0.4 is 4.90 Å². The van der Waals surface area contributed by atoms with Gasteiger partial charge in [-0.25, -0.2) is 0 Å². The van der Waals surface area contributed by atoms with Crippen molar-refractivity contribution in [2.75, 3.05) is 24.6 Å². The van der Waals surface area contributed by atoms with E-state index in [-0.39, 0.29) is 17.4 Å². The smallest absolute Gasteiger partial charge is 0.289 e. The van der Waals surface area contributed by atoms with E-state index in [1.807, 2.05) is 13.0 Å². The van der Waals surface area contributed by atoms with Crippen molar-refractivity contribution >= 4 is 11.4 Å². The summed E-state index contributed by atoms with van der Waals surface area (Å²) >= 11 is 0. The second-order valence-electron chi connectivity index (χ2n) is 4.71. The SMILES string of the molecule is CCOC1CCN(c2ccc(C#N)c([N+](=O)[O-])c2)CC1. The van der Waals surface area contributed by atoms with Crippen molar-refractivity contribution in [3.05, 3.63) is 33.9 Å². The zero-order chi connectivity index (χ0) is 14.5. The van der Waals surface area contributed by atoms with E-state index in [9.17, 15) is 10.1 Å². The Morgan fingerprint density at radius 2 is 2.20 bits per heavy atom. The molecule has 0 bridgehead atoms. The van der Waals surface area contributed by atoms with Gasteiger partial charge < -0.3 is 9.64 Å². The molecule has 0 amide bonds. The quantitative estimate of drug-likeness (QED) is 0.623. The Kier molecular flexibility index (Phi) is 4.53. The van der Waals surface area contributed by atoms with Crippen molar-refractivity contribution in [2.24, 2.45) is 0 Å². The Labute approximate surface area is 117 Å². The van der Waals surface area contributed by atoms with Gasteiger partial charge >= 0.3 is 0 Å². The minimum absolute atomic E-state index is 0.1000. The highest BCUT2D eigenvalue weighted by Crippen LogP contribution is 2.27. The van der Waals surface area contributed by atoms with Crippen LogP contribution in [0.15, 0.2) is 18.2 Å². The average molecular weight is 275 g/mol. The maximum absolute atomic E-state index is 11.0. The topological polar surface area (TPSA) is 79.4 Å². The van der Waals surface area contributed by atoms with Crippen molar-refractivity contribution in [3.8, 4) is 6.07 Å². The van der Waals surface area contributed by atoms with Crippen LogP contribution in [0.25, 0.3) is 0 Å². The fourth-order valence-electron chi connectivity index (χ4n) is 2.48. The molecule has 2 rings (SSSR count). The van der Waals surface area contributed by atoms with E-state index in [1.165, 1.54) is 12.1 Å². The van der Waals surface area contributed by atoms with Crippen LogP contribution in [0, 0.1) is 21.4 Å². The number of nitro benzene ring substituents is 1. The second kappa shape index (κ2) is 6.35. The third-order valence-corrected chi connectivity index (χ3v) is 3.51. The van der Waals surface area contributed by atoms with Crippen LogP contribution in [-0.4, -0.2) is 30.7 Å². The predicted molar refractivity (Wildman–Crippen MR) is 74.7 cm³/mol. The summed E-state index contributed by atoms with van der Waals surface area (Å²) in [6.45, 7) is 4.32. The van der Waals surface area contributed by atoms with Crippen LogP contribution in [0.2, 0.25) is 0 Å². The molecule has 1 aromatic rings. The first-order valence-corrected chi connectivity index (χ1v) is 6.70. The van der Waals surface area contributed by atoms with Crippen molar-refractivity contribution < 1.29 is 9.66 Å². The Hall–Kier alpha value is -2.13. The van der Waals surface area contributed by atoms with E-state index < -0.39 is 4.92 Å². The van der Waals surface area contributed by atoms with E-state index in [2.05, 4.69) is 4.90 Å². The third kappa shape index (κ3) is 3.06. The number of benzene rings is 1. The molecule has 1 heterocycles. The summed E-state index contributed by atoms with van der Waals surface area (Å²) in [6.07, 6.45) is 2.12. The normalized spacial score (nSPS) is 15.9. The summed E-state index contributed by atoms with van der Waals surface area (Å²) < 4.78 is 5.59. The standard InChI is InChI=1S/C14H17N3O3/c1-2-20-13-5-7-16(8-6-13)12-4-3-11(10-15)14(9-12)17(18)19/h3-4,9,13H,2,5-8H2,1H3. The number of anilines is 1. The highest BCUT2D eigenvalue weighted by atomic mass is 16.6. The molecular weight excluding hydrogens is 258 g/mol. The van der Waals surface area contributed by atoms with Crippen molar-refractivity contribution in [2.45, 2.75) is 25.9 Å². The molecule has 1 aliphatic rings. The molecule has 0 saturated carbocycles. The average Bonchev–Trinajstić information content (AvgIpc) is 2.47. The lowest BCUT2D eigenvalue weighted by Crippen LogP contribution is -2.37. The van der Waals surface area contributed by atoms with Gasteiger partial charge in [-0.3, -0.25) is 10.1 Å². The van der Waals surface area contributed by atoms with E-state index in [4.69, 9.17) is 10.00 Å². The van der Waals surface area contributed by atoms with Gasteiger partial charge in [0.2, 0.25) is 0 Å². The molecule has 1 aromatic carbocycles. The molecular formula is C14H17N3O3. The number of nitrogens with zero attached hydrogens (tertiary/aromatic N) is 3. The lowest BCUT2D eigenvalue weighted by Gasteiger charge is -2.33. The highest BCUT2D eigenvalue weighted by Gasteiger charge is 2.22. The summed E-state index contributed by atoms with van der Waals surface area (Å²) in [7, 11) is 0. The first-order chi connectivity index (χ1) is 9.65. The Morgan fingerprint density at radius 3 is 2.75 bits per heavy atom. The van der Waals surface area contributed by atoms with Gasteiger partial charge in [-0.1, -0.05) is 0 Å². The lowest BCUT2D eigenvalue weighted by molar-refractivity contribution is -0.385. The predicted octanol–water partition coefficient (Wildman–Crippen LogP) is 2.47. The third-order valence-electron chi connectivity index (χ3n) is 3.51. The summed E-state index contributed by atoms with van der Waals surface area (Å²) in [5, 5.41) is 19.8. The monoisotopic (exact) mass is 275 g/mol. The number of piperidine rings is 1. The number of nitro groups is 1. The van der Waals surface area contributed by atoms with Gasteiger partial charge in [0.25, 0.3) is 5.69 Å². The number of hydrogen-bond acceptors (Lipinski definition) is 5. The molecule has 0 radical (unpaired) electrons. The highest BCUT2D eigenvalue weighted by molar-refractivity contribution is 5.60. The van der Waals surface area contributed by atoms with Gasteiger partial charge in [0.15, 0.2) is 0 Å². The van der Waals surface area contributed by atoms with E-state index in [0.29, 0.717) is 6.61 Å². The summed E-state index contributed by atoms with van der Waals surface area (Å²) in [4.78, 5) is 12.6. The number of ether oxygens (including phenoxy) is 1. The fraction of sp³-hybridized carbons (Fsp3) is 0.500. The van der Waals surface area contributed by atoms with Gasteiger partial charge in [-0.05, 0) is 31.9 Å². The fourth-order valence-corrected chi connectivity index (χ4v) is 2.48.